The van der Waals surface area contributed by atoms with Gasteiger partial charge in [0.1, 0.15) is 0 Å². The quantitative estimate of drug-likeness (QED) is 0.648. The van der Waals surface area contributed by atoms with Crippen LogP contribution in [-0.2, 0) is 10.1 Å². The summed E-state index contributed by atoms with van der Waals surface area (Å²) in [5.41, 5.74) is 5.61. The Morgan fingerprint density at radius 3 is 2.69 bits per heavy atom. The Morgan fingerprint density at radius 1 is 1.54 bits per heavy atom. The third kappa shape index (κ3) is 3.71. The van der Waals surface area contributed by atoms with Crippen LogP contribution >= 0.6 is 0 Å². The molecule has 0 aromatic rings. The summed E-state index contributed by atoms with van der Waals surface area (Å²) in [5.74, 6) is -0.373. The van der Waals surface area contributed by atoms with E-state index in [0.29, 0.717) is 0 Å². The Morgan fingerprint density at radius 2 is 2.23 bits per heavy atom. The Labute approximate surface area is 77.9 Å². The molecule has 1 aliphatic rings. The second-order valence-corrected chi connectivity index (χ2v) is 4.62. The first-order valence-corrected chi connectivity index (χ1v) is 5.64. The third-order valence-electron chi connectivity index (χ3n) is 1.97. The molecule has 0 amide bonds. The molecule has 0 saturated heterocycles. The fraction of sp³-hybridized carbons (Fsp3) is 0.500. The lowest BCUT2D eigenvalue weighted by Crippen LogP contribution is -2.36. The van der Waals surface area contributed by atoms with Crippen LogP contribution in [0.1, 0.15) is 6.42 Å². The molecule has 0 aliphatic heterocycles. The molecule has 0 spiro atoms. The molecule has 0 aromatic carbocycles. The Hall–Kier alpha value is -0.650. The molecular weight excluding hydrogens is 190 g/mol. The van der Waals surface area contributed by atoms with Crippen molar-refractivity contribution in [2.45, 2.75) is 12.5 Å². The summed E-state index contributed by atoms with van der Waals surface area (Å²) in [6.07, 6.45) is 8.23. The summed E-state index contributed by atoms with van der Waals surface area (Å²) in [6, 6.07) is -0.531. The van der Waals surface area contributed by atoms with Crippen LogP contribution < -0.4 is 5.73 Å². The summed E-state index contributed by atoms with van der Waals surface area (Å²) in [7, 11) is -3.96. The predicted octanol–water partition coefficient (Wildman–Crippen LogP) is 0.334. The zero-order valence-corrected chi connectivity index (χ0v) is 7.94. The molecule has 74 valence electrons. The van der Waals surface area contributed by atoms with E-state index in [2.05, 4.69) is 0 Å². The van der Waals surface area contributed by atoms with Gasteiger partial charge < -0.3 is 5.73 Å². The van der Waals surface area contributed by atoms with Crippen LogP contribution in [0.15, 0.2) is 24.3 Å². The molecule has 13 heavy (non-hydrogen) atoms. The van der Waals surface area contributed by atoms with Crippen LogP contribution in [-0.4, -0.2) is 24.8 Å². The zero-order valence-electron chi connectivity index (χ0n) is 7.13. The number of allylic oxidation sites excluding steroid dienone is 3. The van der Waals surface area contributed by atoms with Gasteiger partial charge in [-0.05, 0) is 12.3 Å². The molecule has 5 heteroatoms. The second kappa shape index (κ2) is 4.04. The largest absolute Gasteiger partial charge is 0.326 e. The van der Waals surface area contributed by atoms with Gasteiger partial charge in [-0.1, -0.05) is 24.3 Å². The third-order valence-corrected chi connectivity index (χ3v) is 2.77. The van der Waals surface area contributed by atoms with Crippen LogP contribution in [0.2, 0.25) is 0 Å². The zero-order chi connectivity index (χ0) is 9.90. The van der Waals surface area contributed by atoms with Gasteiger partial charge in [-0.2, -0.15) is 8.42 Å². The van der Waals surface area contributed by atoms with Gasteiger partial charge in [0.15, 0.2) is 0 Å². The fourth-order valence-electron chi connectivity index (χ4n) is 1.28. The summed E-state index contributed by atoms with van der Waals surface area (Å²) >= 11 is 0. The molecule has 0 saturated carbocycles. The lowest BCUT2D eigenvalue weighted by molar-refractivity contribution is 0.460. The molecule has 1 aliphatic carbocycles. The Kier molecular flexibility index (Phi) is 3.24. The average molecular weight is 203 g/mol. The van der Waals surface area contributed by atoms with Gasteiger partial charge in [0.25, 0.3) is 10.1 Å². The first-order valence-electron chi connectivity index (χ1n) is 4.03. The van der Waals surface area contributed by atoms with Crippen LogP contribution in [0.5, 0.6) is 0 Å². The van der Waals surface area contributed by atoms with Gasteiger partial charge in [-0.25, -0.2) is 0 Å². The minimum Gasteiger partial charge on any atom is -0.326 e. The van der Waals surface area contributed by atoms with E-state index in [1.165, 1.54) is 0 Å². The van der Waals surface area contributed by atoms with E-state index in [4.69, 9.17) is 10.3 Å². The van der Waals surface area contributed by atoms with Gasteiger partial charge in [0.2, 0.25) is 0 Å². The predicted molar refractivity (Wildman–Crippen MR) is 50.8 cm³/mol. The van der Waals surface area contributed by atoms with Crippen molar-refractivity contribution in [1.82, 2.24) is 0 Å². The van der Waals surface area contributed by atoms with Crippen molar-refractivity contribution in [1.29, 1.82) is 0 Å². The molecule has 3 N–H and O–H groups in total. The standard InChI is InChI=1S/C8H13NO3S/c9-8(6-13(10,11)12)7-4-2-1-3-5-7/h1-4,7-8H,5-6,9H2,(H,10,11,12). The van der Waals surface area contributed by atoms with Crippen molar-refractivity contribution in [2.24, 2.45) is 11.7 Å². The SMILES string of the molecule is NC(CS(=O)(=O)O)C1C=CC=CC1. The van der Waals surface area contributed by atoms with Gasteiger partial charge >= 0.3 is 0 Å². The van der Waals surface area contributed by atoms with Crippen molar-refractivity contribution in [3.05, 3.63) is 24.3 Å². The van der Waals surface area contributed by atoms with Gasteiger partial charge in [0.05, 0.1) is 5.75 Å². The van der Waals surface area contributed by atoms with E-state index in [9.17, 15) is 8.42 Å². The maximum absolute atomic E-state index is 10.5. The summed E-state index contributed by atoms with van der Waals surface area (Å²) in [4.78, 5) is 0. The Balaban J connectivity index is 2.53. The maximum Gasteiger partial charge on any atom is 0.266 e. The maximum atomic E-state index is 10.5. The van der Waals surface area contributed by atoms with E-state index in [1.807, 2.05) is 24.3 Å². The van der Waals surface area contributed by atoms with E-state index < -0.39 is 16.2 Å². The lowest BCUT2D eigenvalue weighted by atomic mass is 9.94. The second-order valence-electron chi connectivity index (χ2n) is 3.13. The van der Waals surface area contributed by atoms with Crippen LogP contribution in [0.3, 0.4) is 0 Å². The Bertz CT molecular complexity index is 318. The number of nitrogens with two attached hydrogens (primary N) is 1. The number of hydrogen-bond acceptors (Lipinski definition) is 3. The van der Waals surface area contributed by atoms with Crippen molar-refractivity contribution in [2.75, 3.05) is 5.75 Å². The van der Waals surface area contributed by atoms with Crippen LogP contribution in [0.25, 0.3) is 0 Å². The molecule has 2 unspecified atom stereocenters. The lowest BCUT2D eigenvalue weighted by Gasteiger charge is -2.19. The van der Waals surface area contributed by atoms with Gasteiger partial charge in [0, 0.05) is 6.04 Å². The smallest absolute Gasteiger partial charge is 0.266 e. The molecule has 0 aromatic heterocycles. The molecule has 0 heterocycles. The highest BCUT2D eigenvalue weighted by Crippen LogP contribution is 2.15. The molecule has 2 atom stereocenters. The highest BCUT2D eigenvalue weighted by atomic mass is 32.2. The highest BCUT2D eigenvalue weighted by Gasteiger charge is 2.20. The minimum absolute atomic E-state index is 0.00641. The van der Waals surface area contributed by atoms with E-state index in [1.54, 1.807) is 0 Å². The molecule has 0 bridgehead atoms. The summed E-state index contributed by atoms with van der Waals surface area (Å²) in [5, 5.41) is 0. The molecular formula is C8H13NO3S. The van der Waals surface area contributed by atoms with Crippen LogP contribution in [0.4, 0.5) is 0 Å². The van der Waals surface area contributed by atoms with Crippen molar-refractivity contribution in [3.8, 4) is 0 Å². The van der Waals surface area contributed by atoms with E-state index >= 15 is 0 Å². The van der Waals surface area contributed by atoms with Gasteiger partial charge in [-0.3, -0.25) is 4.55 Å². The first-order chi connectivity index (χ1) is 5.99. The topological polar surface area (TPSA) is 80.4 Å². The first kappa shape index (κ1) is 10.4. The van der Waals surface area contributed by atoms with Crippen molar-refractivity contribution >= 4 is 10.1 Å². The number of rotatable bonds is 3. The monoisotopic (exact) mass is 203 g/mol. The normalized spacial score (nSPS) is 24.6. The van der Waals surface area contributed by atoms with Crippen molar-refractivity contribution in [3.63, 3.8) is 0 Å². The number of hydrogen-bond donors (Lipinski definition) is 2. The molecule has 0 radical (unpaired) electrons. The highest BCUT2D eigenvalue weighted by molar-refractivity contribution is 7.85. The van der Waals surface area contributed by atoms with Gasteiger partial charge in [-0.15, -0.1) is 0 Å². The van der Waals surface area contributed by atoms with E-state index in [0.717, 1.165) is 6.42 Å². The van der Waals surface area contributed by atoms with Crippen LogP contribution in [0, 0.1) is 5.92 Å². The summed E-state index contributed by atoms with van der Waals surface area (Å²) in [6.45, 7) is 0. The molecule has 1 rings (SSSR count). The fourth-order valence-corrected chi connectivity index (χ4v) is 2.02. The van der Waals surface area contributed by atoms with E-state index in [-0.39, 0.29) is 11.7 Å². The van der Waals surface area contributed by atoms with Crippen molar-refractivity contribution < 1.29 is 13.0 Å². The summed E-state index contributed by atoms with van der Waals surface area (Å²) < 4.78 is 29.6. The molecule has 0 fully saturated rings. The average Bonchev–Trinajstić information content (AvgIpc) is 2.03. The minimum atomic E-state index is -3.96. The molecule has 4 nitrogen and oxygen atoms in total.